The summed E-state index contributed by atoms with van der Waals surface area (Å²) in [4.78, 5) is 0. The molecular formula is C12H17BrFNO. The van der Waals surface area contributed by atoms with Crippen molar-refractivity contribution in [3.8, 4) is 0 Å². The molecule has 0 amide bonds. The fraction of sp³-hybridized carbons (Fsp3) is 0.500. The lowest BCUT2D eigenvalue weighted by molar-refractivity contribution is 0.184. The molecule has 0 fully saturated rings. The number of unbranched alkanes of at least 4 members (excludes halogenated alkanes) is 1. The Balaban J connectivity index is 2.79. The zero-order chi connectivity index (χ0) is 12.0. The van der Waals surface area contributed by atoms with Gasteiger partial charge in [-0.3, -0.25) is 0 Å². The highest BCUT2D eigenvalue weighted by Crippen LogP contribution is 2.23. The van der Waals surface area contributed by atoms with E-state index in [9.17, 15) is 4.39 Å². The summed E-state index contributed by atoms with van der Waals surface area (Å²) in [6, 6.07) is 3.62. The van der Waals surface area contributed by atoms with E-state index >= 15 is 0 Å². The molecule has 0 aromatic heterocycles. The zero-order valence-electron chi connectivity index (χ0n) is 9.43. The zero-order valence-corrected chi connectivity index (χ0v) is 11.0. The standard InChI is InChI=1S/C12H17BrFNO/c1-16-8-9-6-10(4-2-3-5-15)12(14)11(13)7-9/h6-7H,2-5,8,15H2,1H3. The minimum Gasteiger partial charge on any atom is -0.380 e. The first kappa shape index (κ1) is 13.6. The summed E-state index contributed by atoms with van der Waals surface area (Å²) in [5.41, 5.74) is 7.13. The number of ether oxygens (including phenoxy) is 1. The minimum absolute atomic E-state index is 0.170. The van der Waals surface area contributed by atoms with Crippen LogP contribution in [0.1, 0.15) is 24.0 Å². The summed E-state index contributed by atoms with van der Waals surface area (Å²) in [5.74, 6) is -0.170. The van der Waals surface area contributed by atoms with Crippen molar-refractivity contribution in [2.45, 2.75) is 25.9 Å². The van der Waals surface area contributed by atoms with Gasteiger partial charge in [0.25, 0.3) is 0 Å². The van der Waals surface area contributed by atoms with Gasteiger partial charge in [-0.2, -0.15) is 0 Å². The lowest BCUT2D eigenvalue weighted by Gasteiger charge is -2.08. The average Bonchev–Trinajstić information content (AvgIpc) is 2.25. The molecule has 0 aliphatic rings. The molecule has 4 heteroatoms. The second kappa shape index (κ2) is 6.99. The predicted molar refractivity (Wildman–Crippen MR) is 66.8 cm³/mol. The Morgan fingerprint density at radius 1 is 1.38 bits per heavy atom. The van der Waals surface area contributed by atoms with Gasteiger partial charge in [-0.15, -0.1) is 0 Å². The monoisotopic (exact) mass is 289 g/mol. The Hall–Kier alpha value is -0.450. The summed E-state index contributed by atoms with van der Waals surface area (Å²) >= 11 is 3.22. The lowest BCUT2D eigenvalue weighted by atomic mass is 10.0. The molecule has 0 heterocycles. The van der Waals surface area contributed by atoms with Gasteiger partial charge in [0, 0.05) is 7.11 Å². The van der Waals surface area contributed by atoms with E-state index in [4.69, 9.17) is 10.5 Å². The maximum Gasteiger partial charge on any atom is 0.140 e. The molecule has 0 unspecified atom stereocenters. The maximum atomic E-state index is 13.7. The number of hydrogen-bond acceptors (Lipinski definition) is 2. The number of benzene rings is 1. The Morgan fingerprint density at radius 3 is 2.75 bits per heavy atom. The van der Waals surface area contributed by atoms with Crippen LogP contribution in [-0.2, 0) is 17.8 Å². The largest absolute Gasteiger partial charge is 0.380 e. The molecule has 90 valence electrons. The Kier molecular flexibility index (Phi) is 5.95. The van der Waals surface area contributed by atoms with Gasteiger partial charge in [-0.05, 0) is 58.9 Å². The van der Waals surface area contributed by atoms with Crippen LogP contribution in [0.5, 0.6) is 0 Å². The summed E-state index contributed by atoms with van der Waals surface area (Å²) in [6.07, 6.45) is 2.56. The van der Waals surface area contributed by atoms with Gasteiger partial charge < -0.3 is 10.5 Å². The molecule has 2 nitrogen and oxygen atoms in total. The maximum absolute atomic E-state index is 13.7. The highest BCUT2D eigenvalue weighted by molar-refractivity contribution is 9.10. The molecular weight excluding hydrogens is 273 g/mol. The first-order valence-corrected chi connectivity index (χ1v) is 6.14. The summed E-state index contributed by atoms with van der Waals surface area (Å²) < 4.78 is 19.3. The second-order valence-corrected chi connectivity index (χ2v) is 4.58. The van der Waals surface area contributed by atoms with Crippen LogP contribution >= 0.6 is 15.9 Å². The normalized spacial score (nSPS) is 10.8. The molecule has 0 atom stereocenters. The molecule has 2 N–H and O–H groups in total. The molecule has 0 spiro atoms. The number of rotatable bonds is 6. The van der Waals surface area contributed by atoms with Crippen molar-refractivity contribution < 1.29 is 9.13 Å². The Morgan fingerprint density at radius 2 is 2.12 bits per heavy atom. The Bertz CT molecular complexity index is 344. The topological polar surface area (TPSA) is 35.2 Å². The lowest BCUT2D eigenvalue weighted by Crippen LogP contribution is -2.01. The number of nitrogens with two attached hydrogens (primary N) is 1. The Labute approximate surface area is 104 Å². The fourth-order valence-corrected chi connectivity index (χ4v) is 2.15. The number of hydrogen-bond donors (Lipinski definition) is 1. The van der Waals surface area contributed by atoms with Crippen LogP contribution in [0.15, 0.2) is 16.6 Å². The van der Waals surface area contributed by atoms with Crippen LogP contribution in [0.3, 0.4) is 0 Å². The van der Waals surface area contributed by atoms with E-state index in [2.05, 4.69) is 15.9 Å². The van der Waals surface area contributed by atoms with Crippen LogP contribution in [0.4, 0.5) is 4.39 Å². The molecule has 1 rings (SSSR count). The number of aryl methyl sites for hydroxylation is 1. The van der Waals surface area contributed by atoms with Gasteiger partial charge in [0.2, 0.25) is 0 Å². The fourth-order valence-electron chi connectivity index (χ4n) is 1.60. The number of halogens is 2. The van der Waals surface area contributed by atoms with Crippen LogP contribution in [0, 0.1) is 5.82 Å². The highest BCUT2D eigenvalue weighted by Gasteiger charge is 2.08. The third kappa shape index (κ3) is 3.85. The van der Waals surface area contributed by atoms with Crippen molar-refractivity contribution in [2.24, 2.45) is 5.73 Å². The summed E-state index contributed by atoms with van der Waals surface area (Å²) in [7, 11) is 1.63. The van der Waals surface area contributed by atoms with Crippen molar-refractivity contribution in [3.05, 3.63) is 33.5 Å². The van der Waals surface area contributed by atoms with Crippen molar-refractivity contribution in [1.29, 1.82) is 0 Å². The molecule has 0 radical (unpaired) electrons. The van der Waals surface area contributed by atoms with Gasteiger partial charge in [-0.1, -0.05) is 6.07 Å². The predicted octanol–water partition coefficient (Wildman–Crippen LogP) is 3.02. The molecule has 16 heavy (non-hydrogen) atoms. The van der Waals surface area contributed by atoms with Gasteiger partial charge in [0.15, 0.2) is 0 Å². The van der Waals surface area contributed by atoms with Crippen LogP contribution in [-0.4, -0.2) is 13.7 Å². The van der Waals surface area contributed by atoms with Gasteiger partial charge in [-0.25, -0.2) is 4.39 Å². The van der Waals surface area contributed by atoms with E-state index in [0.29, 0.717) is 17.6 Å². The molecule has 0 aliphatic heterocycles. The quantitative estimate of drug-likeness (QED) is 0.817. The van der Waals surface area contributed by atoms with E-state index in [1.165, 1.54) is 0 Å². The van der Waals surface area contributed by atoms with Crippen LogP contribution < -0.4 is 5.73 Å². The van der Waals surface area contributed by atoms with Crippen molar-refractivity contribution >= 4 is 15.9 Å². The summed E-state index contributed by atoms with van der Waals surface area (Å²) in [5, 5.41) is 0. The van der Waals surface area contributed by atoms with E-state index in [1.807, 2.05) is 6.07 Å². The molecule has 0 saturated carbocycles. The van der Waals surface area contributed by atoms with Gasteiger partial charge in [0.05, 0.1) is 11.1 Å². The third-order valence-corrected chi connectivity index (χ3v) is 2.95. The number of methoxy groups -OCH3 is 1. The van der Waals surface area contributed by atoms with E-state index < -0.39 is 0 Å². The van der Waals surface area contributed by atoms with Crippen LogP contribution in [0.2, 0.25) is 0 Å². The highest BCUT2D eigenvalue weighted by atomic mass is 79.9. The molecule has 0 aliphatic carbocycles. The van der Waals surface area contributed by atoms with Gasteiger partial charge >= 0.3 is 0 Å². The van der Waals surface area contributed by atoms with Crippen molar-refractivity contribution in [3.63, 3.8) is 0 Å². The van der Waals surface area contributed by atoms with E-state index in [1.54, 1.807) is 13.2 Å². The third-order valence-electron chi connectivity index (χ3n) is 2.37. The van der Waals surface area contributed by atoms with E-state index in [0.717, 1.165) is 30.4 Å². The van der Waals surface area contributed by atoms with Crippen LogP contribution in [0.25, 0.3) is 0 Å². The van der Waals surface area contributed by atoms with Gasteiger partial charge in [0.1, 0.15) is 5.82 Å². The first-order chi connectivity index (χ1) is 7.69. The minimum atomic E-state index is -0.170. The average molecular weight is 290 g/mol. The SMILES string of the molecule is COCc1cc(Br)c(F)c(CCCCN)c1. The van der Waals surface area contributed by atoms with E-state index in [-0.39, 0.29) is 5.82 Å². The second-order valence-electron chi connectivity index (χ2n) is 3.73. The molecule has 0 bridgehead atoms. The van der Waals surface area contributed by atoms with Crippen molar-refractivity contribution in [1.82, 2.24) is 0 Å². The summed E-state index contributed by atoms with van der Waals surface area (Å²) in [6.45, 7) is 1.16. The molecule has 1 aromatic rings. The molecule has 0 saturated heterocycles. The molecule has 1 aromatic carbocycles. The van der Waals surface area contributed by atoms with Crippen molar-refractivity contribution in [2.75, 3.05) is 13.7 Å². The first-order valence-electron chi connectivity index (χ1n) is 5.34. The smallest absolute Gasteiger partial charge is 0.140 e.